The van der Waals surface area contributed by atoms with Gasteiger partial charge in [0.25, 0.3) is 0 Å². The molecule has 2 heteroatoms. The second-order valence-electron chi connectivity index (χ2n) is 2.61. The Morgan fingerprint density at radius 3 is 2.58 bits per heavy atom. The van der Waals surface area contributed by atoms with Gasteiger partial charge in [-0.2, -0.15) is 0 Å². The zero-order chi connectivity index (χ0) is 8.86. The van der Waals surface area contributed by atoms with E-state index in [4.69, 9.17) is 10.6 Å². The summed E-state index contributed by atoms with van der Waals surface area (Å²) in [6.07, 6.45) is 10.4. The van der Waals surface area contributed by atoms with Gasteiger partial charge in [0.05, 0.1) is 0 Å². The molecule has 0 radical (unpaired) electrons. The van der Waals surface area contributed by atoms with Gasteiger partial charge in [-0.05, 0) is 17.2 Å². The monoisotopic (exact) mass is 182 g/mol. The molecule has 66 valence electrons. The lowest BCUT2D eigenvalue weighted by atomic mass is 10.6. The number of hydrogen-bond acceptors (Lipinski definition) is 1. The molecule has 0 spiro atoms. The van der Waals surface area contributed by atoms with Crippen molar-refractivity contribution < 1.29 is 4.18 Å². The molecule has 0 aromatic rings. The minimum atomic E-state index is -1.08. The number of hydrogen-bond donors (Lipinski definition) is 0. The Hall–Kier alpha value is -0.650. The topological polar surface area (TPSA) is 9.23 Å². The lowest BCUT2D eigenvalue weighted by molar-refractivity contribution is 0.424. The molecular weight excluding hydrogens is 168 g/mol. The summed E-state index contributed by atoms with van der Waals surface area (Å²) in [4.78, 5) is 0. The highest BCUT2D eigenvalue weighted by molar-refractivity contribution is 8.34. The lowest BCUT2D eigenvalue weighted by Gasteiger charge is -2.29. The Morgan fingerprint density at radius 2 is 2.08 bits per heavy atom. The molecule has 0 saturated heterocycles. The zero-order valence-corrected chi connectivity index (χ0v) is 8.14. The third-order valence-corrected chi connectivity index (χ3v) is 4.45. The van der Waals surface area contributed by atoms with Crippen molar-refractivity contribution in [3.8, 4) is 12.3 Å². The summed E-state index contributed by atoms with van der Waals surface area (Å²) in [5, 5.41) is 4.29. The maximum absolute atomic E-state index is 5.65. The van der Waals surface area contributed by atoms with Crippen molar-refractivity contribution >= 4 is 10.3 Å². The van der Waals surface area contributed by atoms with Crippen LogP contribution in [-0.2, 0) is 4.18 Å². The number of terminal acetylenes is 1. The molecule has 0 aliphatic carbocycles. The molecule has 1 rings (SSSR count). The lowest BCUT2D eigenvalue weighted by Crippen LogP contribution is -2.02. The first-order valence-electron chi connectivity index (χ1n) is 4.06. The Bertz CT molecular complexity index is 223. The molecule has 0 atom stereocenters. The van der Waals surface area contributed by atoms with Crippen LogP contribution in [0.2, 0.25) is 0 Å². The predicted molar refractivity (Wildman–Crippen MR) is 55.8 cm³/mol. The van der Waals surface area contributed by atoms with Crippen molar-refractivity contribution in [3.63, 3.8) is 0 Å². The molecule has 0 fully saturated rings. The van der Waals surface area contributed by atoms with Gasteiger partial charge < -0.3 is 4.18 Å². The third kappa shape index (κ3) is 2.17. The summed E-state index contributed by atoms with van der Waals surface area (Å²) in [5.74, 6) is 3.59. The van der Waals surface area contributed by atoms with Crippen molar-refractivity contribution in [1.82, 2.24) is 0 Å². The molecule has 12 heavy (non-hydrogen) atoms. The van der Waals surface area contributed by atoms with E-state index < -0.39 is 10.3 Å². The predicted octanol–water partition coefficient (Wildman–Crippen LogP) is 2.81. The third-order valence-electron chi connectivity index (χ3n) is 1.61. The summed E-state index contributed by atoms with van der Waals surface area (Å²) in [7, 11) is -1.08. The van der Waals surface area contributed by atoms with Gasteiger partial charge in [-0.3, -0.25) is 0 Å². The molecule has 0 aromatic heterocycles. The molecule has 0 saturated carbocycles. The van der Waals surface area contributed by atoms with Crippen molar-refractivity contribution in [3.05, 3.63) is 23.0 Å². The van der Waals surface area contributed by atoms with Crippen LogP contribution in [0.4, 0.5) is 0 Å². The van der Waals surface area contributed by atoms with Crippen LogP contribution in [0.3, 0.4) is 0 Å². The van der Waals surface area contributed by atoms with Gasteiger partial charge in [0.15, 0.2) is 0 Å². The molecule has 1 nitrogen and oxygen atoms in total. The normalized spacial score (nSPS) is 20.7. The van der Waals surface area contributed by atoms with E-state index in [-0.39, 0.29) is 0 Å². The van der Waals surface area contributed by atoms with Gasteiger partial charge in [-0.15, -0.1) is 6.42 Å². The summed E-state index contributed by atoms with van der Waals surface area (Å²) in [5.41, 5.74) is 0. The standard InChI is InChI=1S/C10H14OS/c1-3-7-11-12(8-4-2)9-5-6-10-12/h1,5-6,9-10H,4,7-8H2,2H3. The molecule has 0 amide bonds. The molecule has 1 aliphatic rings. The van der Waals surface area contributed by atoms with Gasteiger partial charge in [0.2, 0.25) is 0 Å². The molecule has 0 unspecified atom stereocenters. The van der Waals surface area contributed by atoms with E-state index in [9.17, 15) is 0 Å². The molecular formula is C10H14OS. The maximum atomic E-state index is 5.65. The van der Waals surface area contributed by atoms with Crippen LogP contribution in [0.15, 0.2) is 23.0 Å². The van der Waals surface area contributed by atoms with Crippen molar-refractivity contribution in [1.29, 1.82) is 0 Å². The second-order valence-corrected chi connectivity index (χ2v) is 5.35. The van der Waals surface area contributed by atoms with E-state index >= 15 is 0 Å². The maximum Gasteiger partial charge on any atom is 0.120 e. The fourth-order valence-corrected chi connectivity index (χ4v) is 3.42. The summed E-state index contributed by atoms with van der Waals surface area (Å²) < 4.78 is 5.65. The van der Waals surface area contributed by atoms with Crippen LogP contribution in [0, 0.1) is 12.3 Å². The number of rotatable bonds is 4. The Balaban J connectivity index is 2.55. The Morgan fingerprint density at radius 1 is 1.42 bits per heavy atom. The van der Waals surface area contributed by atoms with E-state index in [2.05, 4.69) is 23.7 Å². The highest BCUT2D eigenvalue weighted by Crippen LogP contribution is 2.55. The molecule has 0 aromatic carbocycles. The van der Waals surface area contributed by atoms with Gasteiger partial charge in [0, 0.05) is 5.75 Å². The van der Waals surface area contributed by atoms with Crippen LogP contribution in [0.5, 0.6) is 0 Å². The zero-order valence-electron chi connectivity index (χ0n) is 7.32. The fraction of sp³-hybridized carbons (Fsp3) is 0.400. The summed E-state index contributed by atoms with van der Waals surface area (Å²) in [6, 6.07) is 0. The highest BCUT2D eigenvalue weighted by atomic mass is 32.3. The largest absolute Gasteiger partial charge is 0.316 e. The highest BCUT2D eigenvalue weighted by Gasteiger charge is 2.18. The van der Waals surface area contributed by atoms with E-state index in [0.29, 0.717) is 6.61 Å². The minimum Gasteiger partial charge on any atom is -0.316 e. The van der Waals surface area contributed by atoms with Gasteiger partial charge in [-0.25, -0.2) is 0 Å². The second kappa shape index (κ2) is 4.39. The van der Waals surface area contributed by atoms with Crippen LogP contribution in [0.1, 0.15) is 13.3 Å². The minimum absolute atomic E-state index is 0.421. The average molecular weight is 182 g/mol. The molecule has 1 heterocycles. The fourth-order valence-electron chi connectivity index (χ4n) is 1.14. The van der Waals surface area contributed by atoms with Gasteiger partial charge in [0.1, 0.15) is 6.61 Å². The van der Waals surface area contributed by atoms with Crippen molar-refractivity contribution in [2.45, 2.75) is 13.3 Å². The Labute approximate surface area is 76.0 Å². The van der Waals surface area contributed by atoms with E-state index in [1.807, 2.05) is 12.2 Å². The molecule has 1 aliphatic heterocycles. The number of allylic oxidation sites excluding steroid dienone is 2. The van der Waals surface area contributed by atoms with Crippen LogP contribution in [0.25, 0.3) is 0 Å². The van der Waals surface area contributed by atoms with Crippen molar-refractivity contribution in [2.24, 2.45) is 0 Å². The summed E-state index contributed by atoms with van der Waals surface area (Å²) in [6.45, 7) is 2.58. The first-order chi connectivity index (χ1) is 5.83. The van der Waals surface area contributed by atoms with Crippen LogP contribution < -0.4 is 0 Å². The van der Waals surface area contributed by atoms with E-state index in [1.165, 1.54) is 0 Å². The average Bonchev–Trinajstić information content (AvgIpc) is 2.51. The van der Waals surface area contributed by atoms with Gasteiger partial charge in [-0.1, -0.05) is 35.3 Å². The van der Waals surface area contributed by atoms with Crippen molar-refractivity contribution in [2.75, 3.05) is 12.4 Å². The SMILES string of the molecule is C#CCOS1(CCC)C=CC=C1. The van der Waals surface area contributed by atoms with E-state index in [0.717, 1.165) is 12.2 Å². The first kappa shape index (κ1) is 9.44. The molecule has 0 N–H and O–H groups in total. The first-order valence-corrected chi connectivity index (χ1v) is 5.92. The quantitative estimate of drug-likeness (QED) is 0.607. The smallest absolute Gasteiger partial charge is 0.120 e. The summed E-state index contributed by atoms with van der Waals surface area (Å²) >= 11 is 0. The Kier molecular flexibility index (Phi) is 3.46. The van der Waals surface area contributed by atoms with Gasteiger partial charge >= 0.3 is 0 Å². The molecule has 0 bridgehead atoms. The van der Waals surface area contributed by atoms with Crippen LogP contribution >= 0.6 is 10.3 Å². The van der Waals surface area contributed by atoms with E-state index in [1.54, 1.807) is 0 Å². The van der Waals surface area contributed by atoms with Crippen LogP contribution in [-0.4, -0.2) is 12.4 Å².